The molecule has 0 N–H and O–H groups in total. The van der Waals surface area contributed by atoms with Crippen LogP contribution in [0.15, 0.2) is 0 Å². The molecule has 0 radical (unpaired) electrons. The van der Waals surface area contributed by atoms with Crippen LogP contribution >= 0.6 is 0 Å². The van der Waals surface area contributed by atoms with Crippen molar-refractivity contribution >= 4 is 5.78 Å². The first-order valence-corrected chi connectivity index (χ1v) is 11.4. The predicted octanol–water partition coefficient (Wildman–Crippen LogP) is 3.80. The molecule has 4 aliphatic carbocycles. The van der Waals surface area contributed by atoms with Gasteiger partial charge in [-0.05, 0) is 61.7 Å². The van der Waals surface area contributed by atoms with E-state index in [4.69, 9.17) is 25.4 Å². The molecule has 0 aromatic heterocycles. The fourth-order valence-corrected chi connectivity index (χ4v) is 7.61. The average molecular weight is 405 g/mol. The van der Waals surface area contributed by atoms with E-state index in [1.54, 1.807) is 14.2 Å². The van der Waals surface area contributed by atoms with Crippen LogP contribution in [0.4, 0.5) is 0 Å². The van der Waals surface area contributed by atoms with Crippen LogP contribution in [0, 0.1) is 47.9 Å². The average Bonchev–Trinajstić information content (AvgIpc) is 3.00. The van der Waals surface area contributed by atoms with Gasteiger partial charge in [-0.3, -0.25) is 4.79 Å². The van der Waals surface area contributed by atoms with Gasteiger partial charge in [0.25, 0.3) is 0 Å². The Morgan fingerprint density at radius 3 is 2.62 bits per heavy atom. The Kier molecular flexibility index (Phi) is 6.65. The van der Waals surface area contributed by atoms with Crippen LogP contribution in [0.5, 0.6) is 0 Å². The maximum Gasteiger partial charge on any atom is 0.147 e. The Balaban J connectivity index is 1.69. The lowest BCUT2D eigenvalue weighted by Crippen LogP contribution is -2.54. The third kappa shape index (κ3) is 3.67. The van der Waals surface area contributed by atoms with Gasteiger partial charge >= 0.3 is 0 Å². The summed E-state index contributed by atoms with van der Waals surface area (Å²) in [6, 6.07) is 0. The fourth-order valence-electron chi connectivity index (χ4n) is 7.61. The molecule has 5 heteroatoms. The third-order valence-electron chi connectivity index (χ3n) is 8.42. The minimum Gasteiger partial charge on any atom is -0.359 e. The first kappa shape index (κ1) is 21.3. The van der Waals surface area contributed by atoms with Crippen LogP contribution in [-0.4, -0.2) is 45.3 Å². The predicted molar refractivity (Wildman–Crippen MR) is 109 cm³/mol. The molecule has 5 nitrogen and oxygen atoms in total. The normalized spacial score (nSPS) is 43.5. The molecule has 4 saturated carbocycles. The zero-order valence-corrected chi connectivity index (χ0v) is 17.9. The fraction of sp³-hybridized carbons (Fsp3) is 0.875. The van der Waals surface area contributed by atoms with E-state index in [1.165, 1.54) is 25.7 Å². The lowest BCUT2D eigenvalue weighted by atomic mass is 9.58. The molecule has 0 aliphatic heterocycles. The van der Waals surface area contributed by atoms with E-state index in [1.807, 2.05) is 0 Å². The topological polar surface area (TPSA) is 54.0 Å². The van der Waals surface area contributed by atoms with Gasteiger partial charge in [-0.15, -0.1) is 12.3 Å². The number of Topliss-reactive ketones (excluding diaryl/α,β-unsaturated/α-hetero) is 1. The van der Waals surface area contributed by atoms with Gasteiger partial charge < -0.3 is 18.9 Å². The van der Waals surface area contributed by atoms with Crippen molar-refractivity contribution < 1.29 is 23.7 Å². The van der Waals surface area contributed by atoms with Gasteiger partial charge in [-0.2, -0.15) is 0 Å². The zero-order valence-electron chi connectivity index (χ0n) is 17.9. The molecular weight excluding hydrogens is 368 g/mol. The smallest absolute Gasteiger partial charge is 0.147 e. The Morgan fingerprint density at radius 1 is 1.14 bits per heavy atom. The van der Waals surface area contributed by atoms with Gasteiger partial charge in [0.1, 0.15) is 19.4 Å². The molecule has 0 aromatic rings. The van der Waals surface area contributed by atoms with Gasteiger partial charge in [-0.1, -0.05) is 12.8 Å². The van der Waals surface area contributed by atoms with Gasteiger partial charge in [0.05, 0.1) is 11.7 Å². The lowest BCUT2D eigenvalue weighted by Gasteiger charge is -2.51. The maximum absolute atomic E-state index is 13.2. The summed E-state index contributed by atoms with van der Waals surface area (Å²) in [7, 11) is 3.34. The molecule has 0 heterocycles. The quantitative estimate of drug-likeness (QED) is 0.455. The zero-order chi connectivity index (χ0) is 20.4. The summed E-state index contributed by atoms with van der Waals surface area (Å²) in [6.45, 7) is 0.563. The number of ketones is 1. The van der Waals surface area contributed by atoms with Gasteiger partial charge in [0.15, 0.2) is 0 Å². The van der Waals surface area contributed by atoms with Gasteiger partial charge in [0, 0.05) is 33.0 Å². The van der Waals surface area contributed by atoms with Gasteiger partial charge in [-0.25, -0.2) is 0 Å². The Bertz CT molecular complexity index is 627. The first-order valence-electron chi connectivity index (χ1n) is 11.4. The molecule has 8 atom stereocenters. The summed E-state index contributed by atoms with van der Waals surface area (Å²) in [5, 5.41) is 0. The molecular formula is C24H36O5. The van der Waals surface area contributed by atoms with E-state index in [2.05, 4.69) is 5.92 Å². The molecule has 0 spiro atoms. The summed E-state index contributed by atoms with van der Waals surface area (Å²) in [4.78, 5) is 13.2. The molecule has 0 saturated heterocycles. The summed E-state index contributed by atoms with van der Waals surface area (Å²) in [5.74, 6) is 5.50. The van der Waals surface area contributed by atoms with Crippen molar-refractivity contribution in [3.05, 3.63) is 0 Å². The number of ether oxygens (including phenoxy) is 4. The molecule has 0 amide bonds. The maximum atomic E-state index is 13.2. The van der Waals surface area contributed by atoms with Crippen LogP contribution in [-0.2, 0) is 23.7 Å². The third-order valence-corrected chi connectivity index (χ3v) is 8.42. The molecule has 0 aromatic carbocycles. The highest BCUT2D eigenvalue weighted by atomic mass is 16.7. The highest BCUT2D eigenvalue weighted by Crippen LogP contribution is 2.65. The van der Waals surface area contributed by atoms with Crippen LogP contribution in [0.25, 0.3) is 0 Å². The second-order valence-corrected chi connectivity index (χ2v) is 9.58. The van der Waals surface area contributed by atoms with Crippen LogP contribution < -0.4 is 0 Å². The summed E-state index contributed by atoms with van der Waals surface area (Å²) < 4.78 is 23.3. The van der Waals surface area contributed by atoms with E-state index in [-0.39, 0.29) is 18.8 Å². The lowest BCUT2D eigenvalue weighted by molar-refractivity contribution is -0.206. The van der Waals surface area contributed by atoms with Crippen molar-refractivity contribution in [1.29, 1.82) is 0 Å². The van der Waals surface area contributed by atoms with Crippen molar-refractivity contribution in [3.63, 3.8) is 0 Å². The molecule has 0 unspecified atom stereocenters. The number of methoxy groups -OCH3 is 2. The standard InChI is InChI=1S/C24H36O5/c1-4-5-10-19-21(25)11-16-13-24(19,29-15-27-3)20-12-22(28-14-26-2)17-8-6-7-9-18(17)23(16)20/h1,16-20,22-23H,5-15H2,2-3H3/t16-,17+,18+,19+,20+,22+,23-,24+/m1/s1. The monoisotopic (exact) mass is 404 g/mol. The largest absolute Gasteiger partial charge is 0.359 e. The van der Waals surface area contributed by atoms with Gasteiger partial charge in [0.2, 0.25) is 0 Å². The number of carbonyl (C=O) groups excluding carboxylic acids is 1. The number of hydrogen-bond acceptors (Lipinski definition) is 5. The van der Waals surface area contributed by atoms with E-state index < -0.39 is 5.60 Å². The van der Waals surface area contributed by atoms with Crippen molar-refractivity contribution in [1.82, 2.24) is 0 Å². The van der Waals surface area contributed by atoms with E-state index in [0.29, 0.717) is 61.4 Å². The highest BCUT2D eigenvalue weighted by molar-refractivity contribution is 5.84. The second kappa shape index (κ2) is 9.06. The molecule has 2 bridgehead atoms. The minimum atomic E-state index is -0.450. The molecule has 29 heavy (non-hydrogen) atoms. The van der Waals surface area contributed by atoms with E-state index in [0.717, 1.165) is 12.8 Å². The summed E-state index contributed by atoms with van der Waals surface area (Å²) in [5.41, 5.74) is -0.450. The van der Waals surface area contributed by atoms with Crippen molar-refractivity contribution in [3.8, 4) is 12.3 Å². The summed E-state index contributed by atoms with van der Waals surface area (Å²) in [6.07, 6.45) is 14.8. The first-order chi connectivity index (χ1) is 14.2. The Morgan fingerprint density at radius 2 is 1.90 bits per heavy atom. The number of fused-ring (bicyclic) bond motifs is 7. The summed E-state index contributed by atoms with van der Waals surface area (Å²) >= 11 is 0. The molecule has 4 aliphatic rings. The van der Waals surface area contributed by atoms with Crippen LogP contribution in [0.3, 0.4) is 0 Å². The molecule has 4 rings (SSSR count). The Labute approximate surface area is 175 Å². The van der Waals surface area contributed by atoms with E-state index in [9.17, 15) is 4.79 Å². The van der Waals surface area contributed by atoms with Crippen LogP contribution in [0.1, 0.15) is 57.8 Å². The molecule has 4 fully saturated rings. The minimum absolute atomic E-state index is 0.122. The Hall–Kier alpha value is -0.930. The van der Waals surface area contributed by atoms with Crippen molar-refractivity contribution in [2.45, 2.75) is 69.5 Å². The SMILES string of the molecule is C#CCC[C@H]1C(=O)C[C@@H]2C[C@@]1(OCOC)[C@H]1C[C@H](OCOC)[C@H]3CCCC[C@@H]3[C@@H]21. The number of rotatable bonds is 8. The van der Waals surface area contributed by atoms with Crippen LogP contribution in [0.2, 0.25) is 0 Å². The van der Waals surface area contributed by atoms with E-state index >= 15 is 0 Å². The second-order valence-electron chi connectivity index (χ2n) is 9.58. The number of carbonyl (C=O) groups is 1. The van der Waals surface area contributed by atoms with Crippen molar-refractivity contribution in [2.24, 2.45) is 35.5 Å². The molecule has 162 valence electrons. The number of hydrogen-bond donors (Lipinski definition) is 0. The number of terminal acetylenes is 1. The van der Waals surface area contributed by atoms with Crippen molar-refractivity contribution in [2.75, 3.05) is 27.8 Å². The highest BCUT2D eigenvalue weighted by Gasteiger charge is 2.67.